The monoisotopic (exact) mass is 612 g/mol. The molecule has 0 saturated heterocycles. The molecule has 44 heavy (non-hydrogen) atoms. The lowest BCUT2D eigenvalue weighted by Gasteiger charge is -2.28. The minimum atomic E-state index is -0.686. The molecule has 0 unspecified atom stereocenters. The predicted octanol–water partition coefficient (Wildman–Crippen LogP) is 5.90. The van der Waals surface area contributed by atoms with Gasteiger partial charge in [0.15, 0.2) is 0 Å². The molecule has 2 aliphatic rings. The number of fused-ring (bicyclic) bond motifs is 5. The van der Waals surface area contributed by atoms with Crippen LogP contribution in [0, 0.1) is 11.6 Å². The molecule has 8 aromatic rings. The first-order valence-corrected chi connectivity index (χ1v) is 15.4. The second-order valence-electron chi connectivity index (χ2n) is 11.0. The Morgan fingerprint density at radius 2 is 0.795 bits per heavy atom. The highest BCUT2D eigenvalue weighted by Crippen LogP contribution is 2.38. The molecule has 0 fully saturated rings. The molecule has 8 nitrogen and oxygen atoms in total. The Morgan fingerprint density at radius 1 is 0.455 bits per heavy atom. The lowest BCUT2D eigenvalue weighted by molar-refractivity contribution is 0.639. The van der Waals surface area contributed by atoms with Crippen LogP contribution in [0.2, 0.25) is 0 Å². The number of hydrogen-bond donors (Lipinski definition) is 4. The van der Waals surface area contributed by atoms with Crippen LogP contribution in [0.15, 0.2) is 72.8 Å². The Hall–Kier alpha value is -5.07. The molecule has 2 aliphatic heterocycles. The first-order chi connectivity index (χ1) is 21.7. The molecule has 4 heterocycles. The fourth-order valence-corrected chi connectivity index (χ4v) is 8.01. The smallest absolute Gasteiger partial charge is 0.405 e. The number of anilines is 4. The molecule has 2 aromatic heterocycles. The topological polar surface area (TPSA) is 99.7 Å². The van der Waals surface area contributed by atoms with E-state index >= 15 is 8.78 Å². The van der Waals surface area contributed by atoms with Gasteiger partial charge < -0.3 is 20.9 Å². The second-order valence-corrected chi connectivity index (χ2v) is 12.0. The maximum absolute atomic E-state index is 17.0. The number of rotatable bonds is 2. The average molecular weight is 612 g/mol. The van der Waals surface area contributed by atoms with Gasteiger partial charge >= 0.3 is 14.0 Å². The Labute approximate surface area is 256 Å². The van der Waals surface area contributed by atoms with Crippen molar-refractivity contribution in [3.63, 3.8) is 0 Å². The molecule has 0 saturated carbocycles. The Bertz CT molecular complexity index is 2280. The second kappa shape index (κ2) is 8.74. The fraction of sp³-hybridized carbons (Fsp3) is 0. The summed E-state index contributed by atoms with van der Waals surface area (Å²) in [5, 5.41) is 18.0. The summed E-state index contributed by atoms with van der Waals surface area (Å²) < 4.78 is 52.1. The van der Waals surface area contributed by atoms with E-state index in [4.69, 9.17) is 0 Å². The first-order valence-electron chi connectivity index (χ1n) is 14.0. The van der Waals surface area contributed by atoms with Gasteiger partial charge in [0.1, 0.15) is 33.7 Å². The van der Waals surface area contributed by atoms with Crippen molar-refractivity contribution in [2.75, 3.05) is 20.9 Å². The van der Waals surface area contributed by atoms with Gasteiger partial charge in [0.25, 0.3) is 0 Å². The fourth-order valence-electron chi connectivity index (χ4n) is 6.87. The summed E-state index contributed by atoms with van der Waals surface area (Å²) >= 11 is 1.85. The number of aromatic nitrogens is 4. The maximum atomic E-state index is 17.0. The van der Waals surface area contributed by atoms with Gasteiger partial charge in [-0.05, 0) is 35.0 Å². The van der Waals surface area contributed by atoms with Crippen LogP contribution in [0.25, 0.3) is 54.4 Å². The van der Waals surface area contributed by atoms with E-state index in [-0.39, 0.29) is 32.7 Å². The summed E-state index contributed by atoms with van der Waals surface area (Å²) in [6, 6.07) is 23.8. The van der Waals surface area contributed by atoms with Crippen molar-refractivity contribution in [3.8, 4) is 0 Å². The summed E-state index contributed by atoms with van der Waals surface area (Å²) in [5.74, 6) is -1.22. The van der Waals surface area contributed by atoms with Crippen LogP contribution in [0.3, 0.4) is 0 Å². The van der Waals surface area contributed by atoms with Gasteiger partial charge in [-0.25, -0.2) is 8.78 Å². The van der Waals surface area contributed by atoms with Crippen LogP contribution in [-0.2, 0) is 0 Å². The van der Waals surface area contributed by atoms with Crippen LogP contribution >= 0.6 is 23.5 Å². The summed E-state index contributed by atoms with van der Waals surface area (Å²) in [6.45, 7) is -1.37. The third kappa shape index (κ3) is 3.15. The summed E-state index contributed by atoms with van der Waals surface area (Å²) in [6.07, 6.45) is 0. The average Bonchev–Trinajstić information content (AvgIpc) is 3.72. The van der Waals surface area contributed by atoms with E-state index < -0.39 is 25.6 Å². The molecule has 0 bridgehead atoms. The van der Waals surface area contributed by atoms with Crippen LogP contribution in [0.5, 0.6) is 0 Å². The van der Waals surface area contributed by atoms with Gasteiger partial charge in [-0.3, -0.25) is 0 Å². The van der Waals surface area contributed by atoms with Crippen LogP contribution in [0.4, 0.5) is 31.5 Å². The Balaban J connectivity index is 1.20. The summed E-state index contributed by atoms with van der Waals surface area (Å²) in [4.78, 5) is 0. The van der Waals surface area contributed by atoms with Gasteiger partial charge in [0.2, 0.25) is 0 Å². The first kappa shape index (κ1) is 24.4. The zero-order valence-corrected chi connectivity index (χ0v) is 24.1. The van der Waals surface area contributed by atoms with E-state index in [0.717, 1.165) is 67.8 Å². The zero-order valence-electron chi connectivity index (χ0n) is 22.4. The highest BCUT2D eigenvalue weighted by Gasteiger charge is 2.38. The number of hydrogen-bond acceptors (Lipinski definition) is 10. The Kier molecular flexibility index (Phi) is 4.84. The minimum absolute atomic E-state index is 0.0455. The maximum Gasteiger partial charge on any atom is 0.411 e. The van der Waals surface area contributed by atoms with Gasteiger partial charge in [-0.1, -0.05) is 48.5 Å². The van der Waals surface area contributed by atoms with Crippen molar-refractivity contribution in [2.24, 2.45) is 0 Å². The third-order valence-corrected chi connectivity index (χ3v) is 9.77. The van der Waals surface area contributed by atoms with E-state index in [1.54, 1.807) is 0 Å². The van der Waals surface area contributed by atoms with Gasteiger partial charge in [-0.15, -0.1) is 0 Å². The normalized spacial score (nSPS) is 13.9. The van der Waals surface area contributed by atoms with E-state index in [1.165, 1.54) is 0 Å². The standard InChI is InChI=1S/C30H16B2F2N8S2/c33-25-21-22(27-29(41-43-39-27)23(25)31-35-15-9-1-5-13-6-2-10-16(36-31)19(13)15)26(34)24(30-28(21)40-44-42-30)32-37-17-11-3-7-14-8-4-12-18(38-32)20(14)17/h1-12,35-38H. The van der Waals surface area contributed by atoms with E-state index in [0.29, 0.717) is 11.0 Å². The van der Waals surface area contributed by atoms with Gasteiger partial charge in [-0.2, -0.15) is 17.5 Å². The quantitative estimate of drug-likeness (QED) is 0.179. The van der Waals surface area contributed by atoms with Crippen molar-refractivity contribution in [1.82, 2.24) is 17.5 Å². The van der Waals surface area contributed by atoms with Gasteiger partial charge in [0, 0.05) is 44.4 Å². The molecular weight excluding hydrogens is 596 g/mol. The molecule has 0 aliphatic carbocycles. The summed E-state index contributed by atoms with van der Waals surface area (Å²) in [5.41, 5.74) is 5.13. The molecule has 208 valence electrons. The number of halogens is 2. The lowest BCUT2D eigenvalue weighted by atomic mass is 9.63. The highest BCUT2D eigenvalue weighted by atomic mass is 32.1. The van der Waals surface area contributed by atoms with E-state index in [2.05, 4.69) is 38.4 Å². The van der Waals surface area contributed by atoms with Crippen molar-refractivity contribution >= 4 is 125 Å². The summed E-state index contributed by atoms with van der Waals surface area (Å²) in [7, 11) is 0. The molecule has 0 atom stereocenters. The molecule has 0 amide bonds. The van der Waals surface area contributed by atoms with Crippen molar-refractivity contribution in [3.05, 3.63) is 84.4 Å². The van der Waals surface area contributed by atoms with Crippen molar-refractivity contribution in [2.45, 2.75) is 0 Å². The highest BCUT2D eigenvalue weighted by molar-refractivity contribution is 7.01. The Morgan fingerprint density at radius 3 is 1.16 bits per heavy atom. The molecule has 10 rings (SSSR count). The molecule has 0 spiro atoms. The largest absolute Gasteiger partial charge is 0.411 e. The van der Waals surface area contributed by atoms with Crippen LogP contribution in [0.1, 0.15) is 0 Å². The lowest BCUT2D eigenvalue weighted by Crippen LogP contribution is -2.50. The minimum Gasteiger partial charge on any atom is -0.405 e. The van der Waals surface area contributed by atoms with Gasteiger partial charge in [0.05, 0.1) is 34.2 Å². The number of benzene rings is 6. The van der Waals surface area contributed by atoms with Crippen LogP contribution in [-0.4, -0.2) is 31.5 Å². The molecule has 0 radical (unpaired) electrons. The SMILES string of the molecule is Fc1c(B2Nc3cccc4cccc(c34)N2)c2nsnc2c2c(F)c(B3Nc4cccc5cccc(c45)N3)c3nsnc3c12. The number of nitrogens with zero attached hydrogens (tertiary/aromatic N) is 4. The van der Waals surface area contributed by atoms with Crippen LogP contribution < -0.4 is 31.8 Å². The molecule has 4 N–H and O–H groups in total. The molecular formula is C30H16B2F2N8S2. The molecule has 14 heteroatoms. The van der Waals surface area contributed by atoms with Crippen molar-refractivity contribution < 1.29 is 8.78 Å². The van der Waals surface area contributed by atoms with E-state index in [1.807, 2.05) is 72.8 Å². The predicted molar refractivity (Wildman–Crippen MR) is 179 cm³/mol. The molecule has 6 aromatic carbocycles. The number of nitrogens with one attached hydrogen (secondary N) is 4. The van der Waals surface area contributed by atoms with Crippen molar-refractivity contribution in [1.29, 1.82) is 0 Å². The third-order valence-electron chi connectivity index (χ3n) is 8.71. The van der Waals surface area contributed by atoms with E-state index in [9.17, 15) is 0 Å². The zero-order chi connectivity index (χ0) is 29.1.